The molecule has 52 valence electrons. The Kier molecular flexibility index (Phi) is 1.42. The summed E-state index contributed by atoms with van der Waals surface area (Å²) in [5, 5.41) is 0. The van der Waals surface area contributed by atoms with Crippen LogP contribution in [0.3, 0.4) is 0 Å². The predicted octanol–water partition coefficient (Wildman–Crippen LogP) is 2.00. The number of halogens is 1. The lowest BCUT2D eigenvalue weighted by molar-refractivity contribution is 0.0832. The summed E-state index contributed by atoms with van der Waals surface area (Å²) in [6.45, 7) is 0. The second-order valence-electron chi connectivity index (χ2n) is 3.13. The first-order valence-electron chi connectivity index (χ1n) is 3.57. The predicted molar refractivity (Wildman–Crippen MR) is 36.4 cm³/mol. The SMILES string of the molecule is ClCOC1C[C@@H]2C[C@@H]2C1. The molecule has 0 saturated heterocycles. The quantitative estimate of drug-likeness (QED) is 0.542. The van der Waals surface area contributed by atoms with E-state index in [1.54, 1.807) is 0 Å². The second kappa shape index (κ2) is 2.14. The lowest BCUT2D eigenvalue weighted by atomic mass is 10.2. The van der Waals surface area contributed by atoms with E-state index in [1.165, 1.54) is 19.3 Å². The standard InChI is InChI=1S/C7H11ClO/c8-4-9-7-2-5-1-6(5)3-7/h5-7H,1-4H2/t5-,6+,7?. The van der Waals surface area contributed by atoms with Gasteiger partial charge in [-0.1, -0.05) is 11.6 Å². The fraction of sp³-hybridized carbons (Fsp3) is 1.00. The summed E-state index contributed by atoms with van der Waals surface area (Å²) in [5.41, 5.74) is 0. The minimum Gasteiger partial charge on any atom is -0.362 e. The number of rotatable bonds is 2. The van der Waals surface area contributed by atoms with E-state index in [9.17, 15) is 0 Å². The van der Waals surface area contributed by atoms with Gasteiger partial charge in [0.15, 0.2) is 0 Å². The van der Waals surface area contributed by atoms with E-state index in [1.807, 2.05) is 0 Å². The van der Waals surface area contributed by atoms with Crippen molar-refractivity contribution in [2.24, 2.45) is 11.8 Å². The third-order valence-corrected chi connectivity index (χ3v) is 2.63. The Morgan fingerprint density at radius 1 is 1.22 bits per heavy atom. The van der Waals surface area contributed by atoms with Crippen LogP contribution in [0.5, 0.6) is 0 Å². The lowest BCUT2D eigenvalue weighted by Gasteiger charge is -2.09. The van der Waals surface area contributed by atoms with Gasteiger partial charge in [-0.25, -0.2) is 0 Å². The zero-order valence-corrected chi connectivity index (χ0v) is 6.10. The normalized spacial score (nSPS) is 47.0. The Hall–Kier alpha value is 0.250. The van der Waals surface area contributed by atoms with Crippen LogP contribution in [0.4, 0.5) is 0 Å². The highest BCUT2D eigenvalue weighted by atomic mass is 35.5. The van der Waals surface area contributed by atoms with Crippen molar-refractivity contribution in [3.8, 4) is 0 Å². The van der Waals surface area contributed by atoms with E-state index in [0.717, 1.165) is 11.8 Å². The van der Waals surface area contributed by atoms with E-state index < -0.39 is 0 Å². The Morgan fingerprint density at radius 3 is 2.44 bits per heavy atom. The van der Waals surface area contributed by atoms with Crippen molar-refractivity contribution in [1.29, 1.82) is 0 Å². The number of ether oxygens (including phenoxy) is 1. The summed E-state index contributed by atoms with van der Waals surface area (Å²) >= 11 is 5.42. The number of hydrogen-bond acceptors (Lipinski definition) is 1. The molecule has 2 fully saturated rings. The van der Waals surface area contributed by atoms with Crippen molar-refractivity contribution < 1.29 is 4.74 Å². The summed E-state index contributed by atoms with van der Waals surface area (Å²) in [6, 6.07) is 0.379. The third-order valence-electron chi connectivity index (χ3n) is 2.50. The number of fused-ring (bicyclic) bond motifs is 1. The average Bonchev–Trinajstić information content (AvgIpc) is 2.42. The monoisotopic (exact) mass is 146 g/mol. The van der Waals surface area contributed by atoms with Crippen molar-refractivity contribution in [2.75, 3.05) is 6.07 Å². The van der Waals surface area contributed by atoms with Crippen molar-refractivity contribution in [2.45, 2.75) is 25.4 Å². The summed E-state index contributed by atoms with van der Waals surface area (Å²) in [5.74, 6) is 2.02. The molecule has 2 rings (SSSR count). The summed E-state index contributed by atoms with van der Waals surface area (Å²) in [4.78, 5) is 0. The van der Waals surface area contributed by atoms with Gasteiger partial charge in [-0.05, 0) is 31.1 Å². The molecule has 0 spiro atoms. The van der Waals surface area contributed by atoms with Crippen LogP contribution in [0.2, 0.25) is 0 Å². The summed E-state index contributed by atoms with van der Waals surface area (Å²) in [6.07, 6.45) is 4.52. The minimum absolute atomic E-state index is 0.379. The molecular weight excluding hydrogens is 136 g/mol. The number of hydrogen-bond donors (Lipinski definition) is 0. The molecule has 0 aromatic rings. The van der Waals surface area contributed by atoms with Crippen molar-refractivity contribution >= 4 is 11.6 Å². The van der Waals surface area contributed by atoms with Gasteiger partial charge in [0, 0.05) is 0 Å². The van der Waals surface area contributed by atoms with Gasteiger partial charge >= 0.3 is 0 Å². The highest BCUT2D eigenvalue weighted by molar-refractivity contribution is 6.17. The zero-order chi connectivity index (χ0) is 6.27. The molecule has 3 atom stereocenters. The third kappa shape index (κ3) is 1.08. The number of alkyl halides is 1. The molecule has 2 aliphatic carbocycles. The smallest absolute Gasteiger partial charge is 0.121 e. The first kappa shape index (κ1) is 5.99. The molecule has 1 nitrogen and oxygen atoms in total. The van der Waals surface area contributed by atoms with Crippen LogP contribution in [0.1, 0.15) is 19.3 Å². The van der Waals surface area contributed by atoms with Crippen LogP contribution in [-0.2, 0) is 4.74 Å². The summed E-state index contributed by atoms with van der Waals surface area (Å²) < 4.78 is 5.27. The van der Waals surface area contributed by atoms with Crippen molar-refractivity contribution in [1.82, 2.24) is 0 Å². The Balaban J connectivity index is 1.77. The van der Waals surface area contributed by atoms with E-state index in [2.05, 4.69) is 0 Å². The van der Waals surface area contributed by atoms with Gasteiger partial charge in [-0.15, -0.1) is 0 Å². The maximum Gasteiger partial charge on any atom is 0.121 e. The van der Waals surface area contributed by atoms with Gasteiger partial charge in [0.05, 0.1) is 6.10 Å². The van der Waals surface area contributed by atoms with Crippen LogP contribution in [0.15, 0.2) is 0 Å². The topological polar surface area (TPSA) is 9.23 Å². The Morgan fingerprint density at radius 2 is 1.89 bits per heavy atom. The highest BCUT2D eigenvalue weighted by Crippen LogP contribution is 2.52. The van der Waals surface area contributed by atoms with Crippen LogP contribution < -0.4 is 0 Å². The maximum absolute atomic E-state index is 5.42. The molecule has 2 heteroatoms. The molecule has 0 radical (unpaired) electrons. The van der Waals surface area contributed by atoms with Gasteiger partial charge in [0.1, 0.15) is 6.07 Å². The van der Waals surface area contributed by atoms with Gasteiger partial charge in [0.2, 0.25) is 0 Å². The van der Waals surface area contributed by atoms with Crippen molar-refractivity contribution in [3.05, 3.63) is 0 Å². The van der Waals surface area contributed by atoms with Gasteiger partial charge in [0.25, 0.3) is 0 Å². The molecule has 1 unspecified atom stereocenters. The van der Waals surface area contributed by atoms with E-state index in [4.69, 9.17) is 16.3 Å². The second-order valence-corrected chi connectivity index (χ2v) is 3.34. The molecule has 0 N–H and O–H groups in total. The average molecular weight is 147 g/mol. The molecule has 0 amide bonds. The first-order chi connectivity index (χ1) is 4.40. The molecule has 0 aliphatic heterocycles. The first-order valence-corrected chi connectivity index (χ1v) is 4.11. The van der Waals surface area contributed by atoms with Crippen LogP contribution >= 0.6 is 11.6 Å². The molecule has 2 aliphatic rings. The van der Waals surface area contributed by atoms with Gasteiger partial charge < -0.3 is 4.74 Å². The fourth-order valence-electron chi connectivity index (χ4n) is 1.88. The highest BCUT2D eigenvalue weighted by Gasteiger charge is 2.46. The molecule has 0 aromatic heterocycles. The largest absolute Gasteiger partial charge is 0.362 e. The van der Waals surface area contributed by atoms with Crippen LogP contribution in [0.25, 0.3) is 0 Å². The maximum atomic E-state index is 5.42. The Bertz CT molecular complexity index is 105. The molecule has 0 aromatic carbocycles. The van der Waals surface area contributed by atoms with Gasteiger partial charge in [-0.3, -0.25) is 0 Å². The molecule has 0 heterocycles. The molecule has 2 saturated carbocycles. The van der Waals surface area contributed by atoms with Crippen LogP contribution in [-0.4, -0.2) is 12.2 Å². The van der Waals surface area contributed by atoms with Crippen molar-refractivity contribution in [3.63, 3.8) is 0 Å². The lowest BCUT2D eigenvalue weighted by Crippen LogP contribution is -2.08. The molecule has 9 heavy (non-hydrogen) atoms. The molecule has 0 bridgehead atoms. The van der Waals surface area contributed by atoms with Crippen LogP contribution in [0, 0.1) is 11.8 Å². The molecular formula is C7H11ClO. The minimum atomic E-state index is 0.379. The van der Waals surface area contributed by atoms with E-state index in [-0.39, 0.29) is 0 Å². The zero-order valence-electron chi connectivity index (χ0n) is 5.35. The Labute approximate surface area is 60.3 Å². The fourth-order valence-corrected chi connectivity index (χ4v) is 2.06. The van der Waals surface area contributed by atoms with E-state index in [0.29, 0.717) is 12.2 Å². The van der Waals surface area contributed by atoms with Gasteiger partial charge in [-0.2, -0.15) is 0 Å². The van der Waals surface area contributed by atoms with E-state index >= 15 is 0 Å². The summed E-state index contributed by atoms with van der Waals surface area (Å²) in [7, 11) is 0.